The summed E-state index contributed by atoms with van der Waals surface area (Å²) in [6.45, 7) is 0.969. The molecule has 23 heavy (non-hydrogen) atoms. The van der Waals surface area contributed by atoms with E-state index in [-0.39, 0.29) is 5.92 Å². The highest BCUT2D eigenvalue weighted by atomic mass is 32.2. The third-order valence-corrected chi connectivity index (χ3v) is 6.06. The number of sulfonamides is 1. The van der Waals surface area contributed by atoms with Crippen molar-refractivity contribution in [2.45, 2.75) is 23.7 Å². The lowest BCUT2D eigenvalue weighted by Crippen LogP contribution is -2.38. The summed E-state index contributed by atoms with van der Waals surface area (Å²) in [5.41, 5.74) is 0.936. The zero-order valence-corrected chi connectivity index (χ0v) is 14.7. The van der Waals surface area contributed by atoms with Gasteiger partial charge in [-0.25, -0.2) is 12.7 Å². The third-order valence-electron chi connectivity index (χ3n) is 3.99. The average molecular weight is 353 g/mol. The highest BCUT2D eigenvalue weighted by molar-refractivity contribution is 7.98. The molecule has 1 aliphatic heterocycles. The summed E-state index contributed by atoms with van der Waals surface area (Å²) in [6.07, 6.45) is 4.91. The van der Waals surface area contributed by atoms with E-state index < -0.39 is 10.0 Å². The standard InChI is InChI=1S/C15H19N3O3S2/c1-22-13-8-4-3-7-12(13)14-16-15(21-17-14)11-6-5-9-18(10-11)23(2,19)20/h3-4,7-8,11H,5-6,9-10H2,1-2H3. The number of rotatable bonds is 4. The van der Waals surface area contributed by atoms with Crippen molar-refractivity contribution in [2.75, 3.05) is 25.6 Å². The molecular formula is C15H19N3O3S2. The first-order valence-corrected chi connectivity index (χ1v) is 10.5. The van der Waals surface area contributed by atoms with Crippen molar-refractivity contribution in [1.82, 2.24) is 14.4 Å². The minimum absolute atomic E-state index is 0.0406. The fraction of sp³-hybridized carbons (Fsp3) is 0.467. The van der Waals surface area contributed by atoms with Crippen LogP contribution in [0.3, 0.4) is 0 Å². The number of aromatic nitrogens is 2. The molecule has 2 heterocycles. The molecule has 0 amide bonds. The van der Waals surface area contributed by atoms with Crippen LogP contribution in [0.25, 0.3) is 11.4 Å². The first-order chi connectivity index (χ1) is 11.0. The van der Waals surface area contributed by atoms with Gasteiger partial charge in [0.25, 0.3) is 0 Å². The van der Waals surface area contributed by atoms with Gasteiger partial charge in [0.15, 0.2) is 0 Å². The molecule has 0 aliphatic carbocycles. The number of thioether (sulfide) groups is 1. The van der Waals surface area contributed by atoms with E-state index in [1.165, 1.54) is 10.6 Å². The maximum absolute atomic E-state index is 11.7. The van der Waals surface area contributed by atoms with Crippen LogP contribution in [0.1, 0.15) is 24.7 Å². The van der Waals surface area contributed by atoms with Crippen molar-refractivity contribution in [3.05, 3.63) is 30.2 Å². The van der Waals surface area contributed by atoms with Crippen LogP contribution in [0.4, 0.5) is 0 Å². The van der Waals surface area contributed by atoms with E-state index in [0.717, 1.165) is 23.3 Å². The average Bonchev–Trinajstić information content (AvgIpc) is 3.04. The highest BCUT2D eigenvalue weighted by Gasteiger charge is 2.30. The molecule has 2 aromatic rings. The fourth-order valence-electron chi connectivity index (χ4n) is 2.79. The van der Waals surface area contributed by atoms with Crippen LogP contribution in [0.15, 0.2) is 33.7 Å². The molecule has 1 saturated heterocycles. The number of hydrogen-bond acceptors (Lipinski definition) is 6. The molecule has 1 unspecified atom stereocenters. The number of benzene rings is 1. The van der Waals surface area contributed by atoms with E-state index in [2.05, 4.69) is 10.1 Å². The Morgan fingerprint density at radius 1 is 1.35 bits per heavy atom. The van der Waals surface area contributed by atoms with Crippen LogP contribution >= 0.6 is 11.8 Å². The molecule has 8 heteroatoms. The van der Waals surface area contributed by atoms with Crippen molar-refractivity contribution in [1.29, 1.82) is 0 Å². The van der Waals surface area contributed by atoms with E-state index in [9.17, 15) is 8.42 Å². The van der Waals surface area contributed by atoms with Crippen molar-refractivity contribution >= 4 is 21.8 Å². The van der Waals surface area contributed by atoms with Crippen molar-refractivity contribution in [3.8, 4) is 11.4 Å². The molecule has 0 spiro atoms. The van der Waals surface area contributed by atoms with Crippen molar-refractivity contribution in [2.24, 2.45) is 0 Å². The number of piperidine rings is 1. The van der Waals surface area contributed by atoms with E-state index >= 15 is 0 Å². The predicted octanol–water partition coefficient (Wildman–Crippen LogP) is 2.60. The Labute approximate surface area is 140 Å². The molecule has 1 aromatic heterocycles. The van der Waals surface area contributed by atoms with Crippen LogP contribution < -0.4 is 0 Å². The highest BCUT2D eigenvalue weighted by Crippen LogP contribution is 2.31. The van der Waals surface area contributed by atoms with Crippen molar-refractivity contribution in [3.63, 3.8) is 0 Å². The summed E-state index contributed by atoms with van der Waals surface area (Å²) in [5, 5.41) is 4.09. The molecule has 1 fully saturated rings. The zero-order valence-electron chi connectivity index (χ0n) is 13.1. The predicted molar refractivity (Wildman–Crippen MR) is 89.9 cm³/mol. The fourth-order valence-corrected chi connectivity index (χ4v) is 4.29. The van der Waals surface area contributed by atoms with Crippen LogP contribution in [-0.4, -0.2) is 48.5 Å². The Morgan fingerprint density at radius 2 is 2.13 bits per heavy atom. The zero-order chi connectivity index (χ0) is 16.4. The summed E-state index contributed by atoms with van der Waals surface area (Å²) in [7, 11) is -3.18. The van der Waals surface area contributed by atoms with Gasteiger partial charge in [-0.3, -0.25) is 0 Å². The van der Waals surface area contributed by atoms with E-state index in [1.54, 1.807) is 11.8 Å². The van der Waals surface area contributed by atoms with Gasteiger partial charge in [-0.15, -0.1) is 11.8 Å². The Bertz CT molecular complexity index is 789. The molecule has 1 aromatic carbocycles. The maximum atomic E-state index is 11.7. The summed E-state index contributed by atoms with van der Waals surface area (Å²) in [6, 6.07) is 7.89. The van der Waals surface area contributed by atoms with Gasteiger partial charge in [0.05, 0.1) is 12.2 Å². The summed E-state index contributed by atoms with van der Waals surface area (Å²) < 4.78 is 30.4. The maximum Gasteiger partial charge on any atom is 0.231 e. The van der Waals surface area contributed by atoms with Gasteiger partial charge >= 0.3 is 0 Å². The second kappa shape index (κ2) is 6.62. The van der Waals surface area contributed by atoms with Gasteiger partial charge in [-0.2, -0.15) is 4.98 Å². The largest absolute Gasteiger partial charge is 0.339 e. The lowest BCUT2D eigenvalue weighted by atomic mass is 10.00. The summed E-state index contributed by atoms with van der Waals surface area (Å²) in [5.74, 6) is 1.03. The molecule has 0 radical (unpaired) electrons. The Kier molecular flexibility index (Phi) is 4.74. The second-order valence-corrected chi connectivity index (χ2v) is 8.45. The van der Waals surface area contributed by atoms with Gasteiger partial charge in [-0.05, 0) is 31.2 Å². The van der Waals surface area contributed by atoms with Gasteiger partial charge in [0.1, 0.15) is 0 Å². The van der Waals surface area contributed by atoms with E-state index in [4.69, 9.17) is 4.52 Å². The van der Waals surface area contributed by atoms with E-state index in [1.807, 2.05) is 30.5 Å². The normalized spacial score (nSPS) is 19.8. The molecule has 0 saturated carbocycles. The smallest absolute Gasteiger partial charge is 0.231 e. The third kappa shape index (κ3) is 3.59. The number of hydrogen-bond donors (Lipinski definition) is 0. The van der Waals surface area contributed by atoms with Gasteiger partial charge < -0.3 is 4.52 Å². The molecule has 0 bridgehead atoms. The van der Waals surface area contributed by atoms with Gasteiger partial charge in [0.2, 0.25) is 21.7 Å². The molecular weight excluding hydrogens is 334 g/mol. The van der Waals surface area contributed by atoms with Gasteiger partial charge in [-0.1, -0.05) is 17.3 Å². The minimum Gasteiger partial charge on any atom is -0.339 e. The lowest BCUT2D eigenvalue weighted by Gasteiger charge is -2.28. The lowest BCUT2D eigenvalue weighted by molar-refractivity contribution is 0.266. The molecule has 6 nitrogen and oxygen atoms in total. The Balaban J connectivity index is 1.84. The minimum atomic E-state index is -3.18. The van der Waals surface area contributed by atoms with Crippen LogP contribution in [0.2, 0.25) is 0 Å². The first kappa shape index (κ1) is 16.5. The van der Waals surface area contributed by atoms with Crippen LogP contribution in [-0.2, 0) is 10.0 Å². The Hall–Kier alpha value is -1.38. The number of nitrogens with zero attached hydrogens (tertiary/aromatic N) is 3. The van der Waals surface area contributed by atoms with Crippen LogP contribution in [0, 0.1) is 0 Å². The molecule has 1 aliphatic rings. The Morgan fingerprint density at radius 3 is 2.87 bits per heavy atom. The van der Waals surface area contributed by atoms with Crippen LogP contribution in [0.5, 0.6) is 0 Å². The molecule has 1 atom stereocenters. The summed E-state index contributed by atoms with van der Waals surface area (Å²) in [4.78, 5) is 5.60. The quantitative estimate of drug-likeness (QED) is 0.787. The second-order valence-electron chi connectivity index (χ2n) is 5.62. The summed E-state index contributed by atoms with van der Waals surface area (Å²) >= 11 is 1.63. The molecule has 0 N–H and O–H groups in total. The monoisotopic (exact) mass is 353 g/mol. The first-order valence-electron chi connectivity index (χ1n) is 7.41. The molecule has 3 rings (SSSR count). The van der Waals surface area contributed by atoms with Crippen molar-refractivity contribution < 1.29 is 12.9 Å². The SMILES string of the molecule is CSc1ccccc1-c1noc(C2CCCN(S(C)(=O)=O)C2)n1. The van der Waals surface area contributed by atoms with E-state index in [0.29, 0.717) is 24.8 Å². The van der Waals surface area contributed by atoms with Gasteiger partial charge in [0, 0.05) is 23.5 Å². The molecule has 124 valence electrons. The topological polar surface area (TPSA) is 76.3 Å².